The van der Waals surface area contributed by atoms with E-state index in [0.717, 1.165) is 110 Å². The number of nitrogens with zero attached hydrogens (tertiary/aromatic N) is 4. The van der Waals surface area contributed by atoms with Crippen molar-refractivity contribution in [1.29, 1.82) is 0 Å². The fourth-order valence-corrected chi connectivity index (χ4v) is 12.4. The summed E-state index contributed by atoms with van der Waals surface area (Å²) in [6.45, 7) is 13.4. The monoisotopic (exact) mass is 1010 g/mol. The van der Waals surface area contributed by atoms with Gasteiger partial charge in [-0.1, -0.05) is 187 Å². The van der Waals surface area contributed by atoms with Crippen LogP contribution in [-0.2, 0) is 10.8 Å². The molecule has 15 rings (SSSR count). The third-order valence-corrected chi connectivity index (χ3v) is 16.3. The number of hydrogen-bond acceptors (Lipinski definition) is 2. The summed E-state index contributed by atoms with van der Waals surface area (Å²) in [7, 11) is 0. The predicted molar refractivity (Wildman–Crippen MR) is 333 cm³/mol. The highest BCUT2D eigenvalue weighted by Crippen LogP contribution is 2.52. The summed E-state index contributed by atoms with van der Waals surface area (Å²) >= 11 is 0. The minimum absolute atomic E-state index is 0.133. The van der Waals surface area contributed by atoms with Crippen LogP contribution in [0.2, 0.25) is 0 Å². The van der Waals surface area contributed by atoms with Gasteiger partial charge >= 0.3 is 0 Å². The molecular formula is C74H58N4. The third kappa shape index (κ3) is 6.99. The Morgan fingerprint density at radius 2 is 0.641 bits per heavy atom. The normalized spacial score (nSPS) is 13.2. The molecule has 0 aliphatic rings. The number of rotatable bonds is 8. The molecule has 0 saturated heterocycles. The summed E-state index contributed by atoms with van der Waals surface area (Å²) < 4.78 is 46.2. The van der Waals surface area contributed by atoms with Gasteiger partial charge in [0.05, 0.1) is 50.0 Å². The molecular weight excluding hydrogens is 945 g/mol. The molecule has 374 valence electrons. The second kappa shape index (κ2) is 17.1. The van der Waals surface area contributed by atoms with E-state index >= 15 is 0 Å². The molecule has 0 amide bonds. The summed E-state index contributed by atoms with van der Waals surface area (Å²) in [5.74, 6) is 0. The number of anilines is 6. The molecule has 15 aromatic rings. The van der Waals surface area contributed by atoms with Gasteiger partial charge in [-0.25, -0.2) is 0 Å². The minimum Gasteiger partial charge on any atom is -0.310 e. The van der Waals surface area contributed by atoms with Crippen molar-refractivity contribution < 1.29 is 5.48 Å². The van der Waals surface area contributed by atoms with Crippen LogP contribution in [0.15, 0.2) is 243 Å². The summed E-state index contributed by atoms with van der Waals surface area (Å²) in [5.41, 5.74) is 16.7. The molecule has 0 aliphatic carbocycles. The van der Waals surface area contributed by atoms with Crippen molar-refractivity contribution in [3.05, 3.63) is 254 Å². The van der Waals surface area contributed by atoms with Crippen LogP contribution in [-0.4, -0.2) is 8.80 Å². The van der Waals surface area contributed by atoms with Gasteiger partial charge in [0.2, 0.25) is 0 Å². The molecule has 78 heavy (non-hydrogen) atoms. The first-order valence-electron chi connectivity index (χ1n) is 29.1. The zero-order valence-corrected chi connectivity index (χ0v) is 44.6. The maximum atomic E-state index is 10.4. The van der Waals surface area contributed by atoms with Crippen LogP contribution in [0.4, 0.5) is 34.1 Å². The van der Waals surface area contributed by atoms with E-state index in [1.165, 1.54) is 11.1 Å². The Labute approximate surface area is 460 Å². The minimum atomic E-state index is -0.179. The number of hydrogen-bond donors (Lipinski definition) is 0. The molecule has 4 aromatic heterocycles. The Hall–Kier alpha value is -9.38. The number of para-hydroxylation sites is 2. The van der Waals surface area contributed by atoms with E-state index < -0.39 is 0 Å². The molecule has 0 spiro atoms. The van der Waals surface area contributed by atoms with Crippen LogP contribution in [0.25, 0.3) is 98.4 Å². The van der Waals surface area contributed by atoms with Gasteiger partial charge < -0.3 is 18.6 Å². The molecule has 0 atom stereocenters. The lowest BCUT2D eigenvalue weighted by Gasteiger charge is -2.27. The zero-order valence-electron chi connectivity index (χ0n) is 48.6. The van der Waals surface area contributed by atoms with Crippen LogP contribution in [0.5, 0.6) is 0 Å². The molecule has 0 unspecified atom stereocenters. The number of aromatic nitrogens is 2. The van der Waals surface area contributed by atoms with Crippen LogP contribution in [0.3, 0.4) is 0 Å². The lowest BCUT2D eigenvalue weighted by atomic mass is 9.86. The fourth-order valence-electron chi connectivity index (χ4n) is 12.4. The highest BCUT2D eigenvalue weighted by Gasteiger charge is 2.30. The molecule has 0 N–H and O–H groups in total. The Morgan fingerprint density at radius 3 is 1.00 bits per heavy atom. The zero-order chi connectivity index (χ0) is 56.1. The van der Waals surface area contributed by atoms with E-state index in [1.807, 2.05) is 48.5 Å². The first kappa shape index (κ1) is 41.8. The van der Waals surface area contributed by atoms with Crippen molar-refractivity contribution in [3.63, 3.8) is 0 Å². The van der Waals surface area contributed by atoms with Gasteiger partial charge in [-0.3, -0.25) is 0 Å². The third-order valence-electron chi connectivity index (χ3n) is 16.3. The topological polar surface area (TPSA) is 15.3 Å². The van der Waals surface area contributed by atoms with Gasteiger partial charge in [0.25, 0.3) is 0 Å². The highest BCUT2D eigenvalue weighted by atomic mass is 15.2. The van der Waals surface area contributed by atoms with E-state index in [-0.39, 0.29) is 35.0 Å². The molecule has 4 heteroatoms. The Balaban J connectivity index is 1.06. The molecule has 0 bridgehead atoms. The van der Waals surface area contributed by atoms with Crippen molar-refractivity contribution >= 4 is 110 Å². The summed E-state index contributed by atoms with van der Waals surface area (Å²) in [5, 5.41) is 6.97. The second-order valence-electron chi connectivity index (χ2n) is 23.1. The Kier molecular flexibility index (Phi) is 9.15. The standard InChI is InChI=1S/C74H58N4/c1-73(2,3)51-31-39-63-61(43-51)69-65(75(53-23-15-9-16-24-53)55-33-27-49(28-34-55)47-19-11-7-12-20-47)41-37-57-59-46-68-60(45-67(59)77(63)71(57)69)58-38-42-66(70-62-44-52(74(4,5)6)32-40-64(62)78(68)72(58)70)76(54-25-17-10-18-26-54)56-35-29-50(30-36-56)48-21-13-8-14-22-48/h7-46H,1-6H3/i37D,38D,41D,42D. The molecule has 11 aromatic carbocycles. The summed E-state index contributed by atoms with van der Waals surface area (Å²) in [6, 6.07) is 76.9. The quantitative estimate of drug-likeness (QED) is 0.151. The second-order valence-corrected chi connectivity index (χ2v) is 23.1. The number of benzene rings is 11. The van der Waals surface area contributed by atoms with Crippen LogP contribution >= 0.6 is 0 Å². The fraction of sp³-hybridized carbons (Fsp3) is 0.108. The van der Waals surface area contributed by atoms with Gasteiger partial charge in [0.1, 0.15) is 0 Å². The van der Waals surface area contributed by atoms with E-state index in [4.69, 9.17) is 0 Å². The molecule has 0 aliphatic heterocycles. The molecule has 0 saturated carbocycles. The number of fused-ring (bicyclic) bond motifs is 12. The van der Waals surface area contributed by atoms with Crippen molar-refractivity contribution in [1.82, 2.24) is 8.80 Å². The van der Waals surface area contributed by atoms with E-state index in [1.54, 1.807) is 0 Å². The Morgan fingerprint density at radius 1 is 0.308 bits per heavy atom. The predicted octanol–water partition coefficient (Wildman–Crippen LogP) is 20.9. The lowest BCUT2D eigenvalue weighted by Crippen LogP contribution is -2.11. The molecule has 4 heterocycles. The SMILES string of the molecule is [2H]c1c([2H])c2c3cc4c(cc3n3c5ccc(C(C)(C)C)cc5c(c1N(c1ccccc1)c1ccc(-c5ccccc5)cc1)c23)c1c([2H])c([2H])c(N(c2ccccc2)c2ccc(-c3ccccc3)cc2)c2c3cc(C(C)(C)C)ccc3n4c12. The van der Waals surface area contributed by atoms with Crippen LogP contribution < -0.4 is 9.80 Å². The maximum Gasteiger partial charge on any atom is 0.0645 e. The van der Waals surface area contributed by atoms with Crippen molar-refractivity contribution in [3.8, 4) is 22.3 Å². The van der Waals surface area contributed by atoms with Gasteiger partial charge in [0, 0.05) is 65.8 Å². The average molecular weight is 1010 g/mol. The first-order chi connectivity index (χ1) is 39.7. The molecule has 0 fully saturated rings. The Bertz CT molecular complexity index is 4680. The van der Waals surface area contributed by atoms with Crippen molar-refractivity contribution in [2.75, 3.05) is 9.80 Å². The van der Waals surface area contributed by atoms with E-state index in [2.05, 4.69) is 230 Å². The van der Waals surface area contributed by atoms with Crippen molar-refractivity contribution in [2.24, 2.45) is 0 Å². The average Bonchev–Trinajstić information content (AvgIpc) is 1.80. The van der Waals surface area contributed by atoms with Gasteiger partial charge in [0.15, 0.2) is 0 Å². The van der Waals surface area contributed by atoms with Crippen molar-refractivity contribution in [2.45, 2.75) is 52.4 Å². The van der Waals surface area contributed by atoms with Crippen LogP contribution in [0.1, 0.15) is 58.2 Å². The van der Waals surface area contributed by atoms with Gasteiger partial charge in [-0.2, -0.15) is 0 Å². The smallest absolute Gasteiger partial charge is 0.0645 e. The first-order valence-corrected chi connectivity index (χ1v) is 27.1. The molecule has 4 nitrogen and oxygen atoms in total. The van der Waals surface area contributed by atoms with E-state index in [0.29, 0.717) is 22.1 Å². The van der Waals surface area contributed by atoms with Crippen LogP contribution in [0, 0.1) is 0 Å². The van der Waals surface area contributed by atoms with Gasteiger partial charge in [-0.15, -0.1) is 0 Å². The van der Waals surface area contributed by atoms with Gasteiger partial charge in [-0.05, 0) is 141 Å². The molecule has 0 radical (unpaired) electrons. The maximum absolute atomic E-state index is 10.4. The summed E-state index contributed by atoms with van der Waals surface area (Å²) in [4.78, 5) is 4.34. The lowest BCUT2D eigenvalue weighted by molar-refractivity contribution is 0.591. The largest absolute Gasteiger partial charge is 0.310 e. The highest BCUT2D eigenvalue weighted by molar-refractivity contribution is 6.32. The van der Waals surface area contributed by atoms with E-state index in [9.17, 15) is 5.48 Å². The summed E-state index contributed by atoms with van der Waals surface area (Å²) in [6.07, 6.45) is 0.